The third kappa shape index (κ3) is 8.32. The lowest BCUT2D eigenvalue weighted by molar-refractivity contribution is -0.147. The zero-order valence-corrected chi connectivity index (χ0v) is 28.6. The van der Waals surface area contributed by atoms with Gasteiger partial charge >= 0.3 is 5.97 Å². The number of fused-ring (bicyclic) bond motifs is 2. The Hall–Kier alpha value is -3.52. The smallest absolute Gasteiger partial charge is 0.302 e. The quantitative estimate of drug-likeness (QED) is 0.143. The van der Waals surface area contributed by atoms with Crippen molar-refractivity contribution in [1.29, 1.82) is 0 Å². The number of hydrogen-bond acceptors (Lipinski definition) is 8. The summed E-state index contributed by atoms with van der Waals surface area (Å²) >= 11 is 0. The van der Waals surface area contributed by atoms with E-state index in [9.17, 15) is 19.8 Å². The molecule has 0 aromatic heterocycles. The highest BCUT2D eigenvalue weighted by Crippen LogP contribution is 2.58. The lowest BCUT2D eigenvalue weighted by atomic mass is 9.60. The second kappa shape index (κ2) is 15.6. The molecule has 4 unspecified atom stereocenters. The first kappa shape index (κ1) is 34.8. The van der Waals surface area contributed by atoms with Gasteiger partial charge in [0.15, 0.2) is 23.0 Å². The molecule has 8 heteroatoms. The fraction of sp³-hybridized carbons (Fsp3) is 0.590. The Bertz CT molecular complexity index is 1440. The summed E-state index contributed by atoms with van der Waals surface area (Å²) < 4.78 is 16.5. The van der Waals surface area contributed by atoms with Crippen LogP contribution in [-0.4, -0.2) is 55.4 Å². The van der Waals surface area contributed by atoms with E-state index in [0.717, 1.165) is 42.5 Å². The molecule has 2 saturated carbocycles. The molecule has 4 atom stereocenters. The van der Waals surface area contributed by atoms with Gasteiger partial charge in [-0.05, 0) is 128 Å². The fourth-order valence-electron chi connectivity index (χ4n) is 8.65. The molecule has 0 heterocycles. The van der Waals surface area contributed by atoms with Gasteiger partial charge in [0.1, 0.15) is 11.9 Å². The molecule has 0 saturated heterocycles. The lowest BCUT2D eigenvalue weighted by Gasteiger charge is -2.44. The minimum atomic E-state index is -0.560. The molecule has 47 heavy (non-hydrogen) atoms. The normalized spacial score (nSPS) is 22.0. The molecule has 3 aliphatic carbocycles. The Labute approximate surface area is 279 Å². The lowest BCUT2D eigenvalue weighted by Crippen LogP contribution is -2.35. The van der Waals surface area contributed by atoms with Crippen LogP contribution in [0.1, 0.15) is 107 Å². The minimum Gasteiger partial charge on any atom is -0.504 e. The minimum absolute atomic E-state index is 0.0463. The summed E-state index contributed by atoms with van der Waals surface area (Å²) in [7, 11) is 3.07. The highest BCUT2D eigenvalue weighted by Gasteiger charge is 2.46. The highest BCUT2D eigenvalue weighted by molar-refractivity contribution is 5.82. The molecule has 3 aliphatic rings. The third-order valence-electron chi connectivity index (χ3n) is 10.9. The molecular weight excluding hydrogens is 594 g/mol. The predicted octanol–water partition coefficient (Wildman–Crippen LogP) is 7.49. The number of esters is 1. The van der Waals surface area contributed by atoms with Crippen molar-refractivity contribution in [1.82, 2.24) is 5.32 Å². The number of Topliss-reactive ketones (excluding diaryl/α,β-unsaturated/α-hetero) is 1. The summed E-state index contributed by atoms with van der Waals surface area (Å²) in [5, 5.41) is 24.5. The average Bonchev–Trinajstić information content (AvgIpc) is 3.45. The molecular formula is C39H53NO7. The number of benzene rings is 2. The number of carbonyl (C=O) groups excluding carboxylic acids is 2. The number of hydrogen-bond donors (Lipinski definition) is 3. The monoisotopic (exact) mass is 647 g/mol. The molecule has 2 aromatic carbocycles. The van der Waals surface area contributed by atoms with E-state index in [-0.39, 0.29) is 29.6 Å². The number of ketones is 1. The second-order valence-electron chi connectivity index (χ2n) is 14.1. The van der Waals surface area contributed by atoms with E-state index in [1.807, 2.05) is 18.2 Å². The standard InChI is InChI=1S/C39H53NO7/c1-5-16-40-24-28-18-27-23-39(13-6-7-14-39)15-12-31(27)33(34-22-38(46-4)36(44)21-32(28)34)20-29(42)19-30(47-25(2)41)10-8-26-9-11-35(43)37(17-26)45-3/h9,11,17-18,21-22,27,30-31,33,40,43-44H,5-8,10,12-16,19-20,23-24H2,1-4H3. The number of allylic oxidation sites excluding steroid dienone is 1. The van der Waals surface area contributed by atoms with Crippen LogP contribution in [0.3, 0.4) is 0 Å². The van der Waals surface area contributed by atoms with Crippen molar-refractivity contribution in [3.8, 4) is 23.0 Å². The van der Waals surface area contributed by atoms with Crippen molar-refractivity contribution in [2.45, 2.75) is 103 Å². The van der Waals surface area contributed by atoms with Crippen LogP contribution in [0.25, 0.3) is 5.57 Å². The summed E-state index contributed by atoms with van der Waals surface area (Å²) in [6.45, 7) is 5.16. The SMILES string of the molecule is CCCNCC1=CC2CC3(CCCC3)CCC2C(CC(=O)CC(CCc2ccc(O)c(OC)c2)OC(C)=O)c2cc(OC)c(O)cc21. The molecule has 0 radical (unpaired) electrons. The van der Waals surface area contributed by atoms with E-state index in [0.29, 0.717) is 54.6 Å². The van der Waals surface area contributed by atoms with Gasteiger partial charge in [-0.2, -0.15) is 0 Å². The number of aryl methyl sites for hydroxylation is 1. The van der Waals surface area contributed by atoms with Crippen LogP contribution in [0, 0.1) is 17.3 Å². The van der Waals surface area contributed by atoms with E-state index in [4.69, 9.17) is 14.2 Å². The number of phenolic OH excluding ortho intramolecular Hbond substituents is 2. The van der Waals surface area contributed by atoms with Crippen molar-refractivity contribution in [3.05, 3.63) is 53.1 Å². The summed E-state index contributed by atoms with van der Waals surface area (Å²) in [6, 6.07) is 8.97. The van der Waals surface area contributed by atoms with Crippen LogP contribution in [-0.2, 0) is 20.7 Å². The maximum Gasteiger partial charge on any atom is 0.302 e. The van der Waals surface area contributed by atoms with Gasteiger partial charge in [-0.25, -0.2) is 0 Å². The van der Waals surface area contributed by atoms with Crippen molar-refractivity contribution < 1.29 is 34.0 Å². The molecule has 2 fully saturated rings. The molecule has 8 nitrogen and oxygen atoms in total. The van der Waals surface area contributed by atoms with Crippen LogP contribution in [0.15, 0.2) is 36.4 Å². The van der Waals surface area contributed by atoms with Gasteiger partial charge in [-0.15, -0.1) is 0 Å². The largest absolute Gasteiger partial charge is 0.504 e. The Morgan fingerprint density at radius 2 is 1.77 bits per heavy atom. The predicted molar refractivity (Wildman–Crippen MR) is 183 cm³/mol. The number of nitrogens with one attached hydrogen (secondary N) is 1. The Morgan fingerprint density at radius 3 is 2.47 bits per heavy atom. The van der Waals surface area contributed by atoms with Crippen LogP contribution in [0.2, 0.25) is 0 Å². The summed E-state index contributed by atoms with van der Waals surface area (Å²) in [5.74, 6) is 1.22. The van der Waals surface area contributed by atoms with Crippen LogP contribution < -0.4 is 14.8 Å². The number of methoxy groups -OCH3 is 2. The Balaban J connectivity index is 1.43. The molecule has 0 amide bonds. The van der Waals surface area contributed by atoms with Crippen LogP contribution >= 0.6 is 0 Å². The van der Waals surface area contributed by atoms with Gasteiger partial charge in [0.25, 0.3) is 0 Å². The zero-order chi connectivity index (χ0) is 33.6. The van der Waals surface area contributed by atoms with Crippen LogP contribution in [0.4, 0.5) is 0 Å². The summed E-state index contributed by atoms with van der Waals surface area (Å²) in [5.41, 5.74) is 4.57. The van der Waals surface area contributed by atoms with E-state index in [2.05, 4.69) is 18.3 Å². The molecule has 1 spiro atoms. The number of aromatic hydroxyl groups is 2. The van der Waals surface area contributed by atoms with Crippen LogP contribution in [0.5, 0.6) is 23.0 Å². The molecule has 2 aromatic rings. The van der Waals surface area contributed by atoms with Crippen molar-refractivity contribution in [2.75, 3.05) is 27.3 Å². The van der Waals surface area contributed by atoms with Gasteiger partial charge < -0.3 is 29.7 Å². The molecule has 3 N–H and O–H groups in total. The first-order valence-electron chi connectivity index (χ1n) is 17.5. The topological polar surface area (TPSA) is 114 Å². The van der Waals surface area contributed by atoms with Gasteiger partial charge in [0, 0.05) is 26.3 Å². The molecule has 256 valence electrons. The van der Waals surface area contributed by atoms with Crippen molar-refractivity contribution in [2.24, 2.45) is 17.3 Å². The summed E-state index contributed by atoms with van der Waals surface area (Å²) in [4.78, 5) is 26.2. The van der Waals surface area contributed by atoms with E-state index >= 15 is 0 Å². The maximum atomic E-state index is 14.1. The first-order chi connectivity index (χ1) is 22.6. The first-order valence-corrected chi connectivity index (χ1v) is 17.5. The van der Waals surface area contributed by atoms with Gasteiger partial charge in [-0.1, -0.05) is 31.9 Å². The van der Waals surface area contributed by atoms with Gasteiger partial charge in [0.2, 0.25) is 0 Å². The zero-order valence-electron chi connectivity index (χ0n) is 28.6. The van der Waals surface area contributed by atoms with E-state index in [1.54, 1.807) is 19.2 Å². The fourth-order valence-corrected chi connectivity index (χ4v) is 8.65. The van der Waals surface area contributed by atoms with Crippen molar-refractivity contribution >= 4 is 17.3 Å². The molecule has 5 rings (SSSR count). The van der Waals surface area contributed by atoms with Crippen molar-refractivity contribution in [3.63, 3.8) is 0 Å². The van der Waals surface area contributed by atoms with Gasteiger partial charge in [0.05, 0.1) is 14.2 Å². The van der Waals surface area contributed by atoms with Gasteiger partial charge in [-0.3, -0.25) is 9.59 Å². The van der Waals surface area contributed by atoms with E-state index in [1.165, 1.54) is 51.7 Å². The third-order valence-corrected chi connectivity index (χ3v) is 10.9. The number of carbonyl (C=O) groups is 2. The molecule has 0 aliphatic heterocycles. The number of ether oxygens (including phenoxy) is 3. The Kier molecular flexibility index (Phi) is 11.5. The molecule has 0 bridgehead atoms. The van der Waals surface area contributed by atoms with E-state index < -0.39 is 12.1 Å². The Morgan fingerprint density at radius 1 is 1.02 bits per heavy atom. The maximum absolute atomic E-state index is 14.1. The average molecular weight is 648 g/mol. The summed E-state index contributed by atoms with van der Waals surface area (Å²) in [6.07, 6.45) is 13.0. The second-order valence-corrected chi connectivity index (χ2v) is 14.1. The highest BCUT2D eigenvalue weighted by atomic mass is 16.5. The number of rotatable bonds is 14. The number of phenols is 2.